The summed E-state index contributed by atoms with van der Waals surface area (Å²) in [6.45, 7) is 7.88. The summed E-state index contributed by atoms with van der Waals surface area (Å²) < 4.78 is 5.57. The van der Waals surface area contributed by atoms with Crippen LogP contribution < -0.4 is 5.32 Å². The van der Waals surface area contributed by atoms with Crippen LogP contribution in [0.25, 0.3) is 0 Å². The molecule has 3 nitrogen and oxygen atoms in total. The third-order valence-corrected chi connectivity index (χ3v) is 3.37. The van der Waals surface area contributed by atoms with Gasteiger partial charge in [-0.2, -0.15) is 0 Å². The summed E-state index contributed by atoms with van der Waals surface area (Å²) in [6.07, 6.45) is 4.10. The number of hydrogen-bond donors (Lipinski definition) is 1. The van der Waals surface area contributed by atoms with Crippen molar-refractivity contribution in [3.63, 3.8) is 0 Å². The van der Waals surface area contributed by atoms with Gasteiger partial charge in [0.25, 0.3) is 0 Å². The van der Waals surface area contributed by atoms with Crippen LogP contribution in [0.5, 0.6) is 0 Å². The van der Waals surface area contributed by atoms with Gasteiger partial charge in [-0.1, -0.05) is 13.8 Å². The highest BCUT2D eigenvalue weighted by Gasteiger charge is 2.30. The van der Waals surface area contributed by atoms with E-state index in [4.69, 9.17) is 4.42 Å². The molecule has 0 amide bonds. The maximum atomic E-state index is 5.57. The number of hydrogen-bond acceptors (Lipinski definition) is 3. The molecule has 0 aromatic carbocycles. The van der Waals surface area contributed by atoms with Crippen LogP contribution in [-0.2, 0) is 0 Å². The maximum absolute atomic E-state index is 5.57. The Labute approximate surface area is 97.8 Å². The van der Waals surface area contributed by atoms with Crippen molar-refractivity contribution >= 4 is 0 Å². The summed E-state index contributed by atoms with van der Waals surface area (Å²) >= 11 is 0. The van der Waals surface area contributed by atoms with Gasteiger partial charge in [0.15, 0.2) is 0 Å². The quantitative estimate of drug-likeness (QED) is 0.801. The van der Waals surface area contributed by atoms with Crippen LogP contribution in [0.1, 0.15) is 38.5 Å². The molecule has 0 saturated carbocycles. The molecule has 1 unspecified atom stereocenters. The van der Waals surface area contributed by atoms with Gasteiger partial charge in [0.2, 0.25) is 0 Å². The van der Waals surface area contributed by atoms with Gasteiger partial charge in [0.05, 0.1) is 12.3 Å². The fourth-order valence-corrected chi connectivity index (χ4v) is 2.44. The lowest BCUT2D eigenvalue weighted by Crippen LogP contribution is -2.58. The van der Waals surface area contributed by atoms with Gasteiger partial charge in [0, 0.05) is 19.1 Å². The van der Waals surface area contributed by atoms with E-state index in [0.29, 0.717) is 12.1 Å². The lowest BCUT2D eigenvalue weighted by atomic mass is 10.0. The minimum atomic E-state index is 0.446. The molecule has 0 spiro atoms. The molecule has 0 radical (unpaired) electrons. The van der Waals surface area contributed by atoms with Crippen LogP contribution in [0.4, 0.5) is 0 Å². The lowest BCUT2D eigenvalue weighted by Gasteiger charge is -2.42. The van der Waals surface area contributed by atoms with Crippen molar-refractivity contribution in [3.8, 4) is 0 Å². The van der Waals surface area contributed by atoms with Crippen molar-refractivity contribution in [1.82, 2.24) is 10.2 Å². The Kier molecular flexibility index (Phi) is 4.02. The molecule has 1 atom stereocenters. The lowest BCUT2D eigenvalue weighted by molar-refractivity contribution is 0.0799. The molecular weight excluding hydrogens is 200 g/mol. The fraction of sp³-hybridized carbons (Fsp3) is 0.692. The van der Waals surface area contributed by atoms with Crippen LogP contribution >= 0.6 is 0 Å². The molecule has 0 aliphatic carbocycles. The van der Waals surface area contributed by atoms with Gasteiger partial charge in [0.1, 0.15) is 5.76 Å². The molecule has 90 valence electrons. The van der Waals surface area contributed by atoms with E-state index in [1.54, 1.807) is 6.26 Å². The Morgan fingerprint density at radius 2 is 2.31 bits per heavy atom. The largest absolute Gasteiger partial charge is 0.468 e. The van der Waals surface area contributed by atoms with Crippen molar-refractivity contribution in [3.05, 3.63) is 24.2 Å². The minimum absolute atomic E-state index is 0.446. The first-order valence-corrected chi connectivity index (χ1v) is 6.36. The van der Waals surface area contributed by atoms with Crippen molar-refractivity contribution in [2.24, 2.45) is 0 Å². The highest BCUT2D eigenvalue weighted by molar-refractivity contribution is 5.06. The van der Waals surface area contributed by atoms with E-state index in [9.17, 15) is 0 Å². The van der Waals surface area contributed by atoms with E-state index in [-0.39, 0.29) is 0 Å². The van der Waals surface area contributed by atoms with E-state index in [0.717, 1.165) is 31.8 Å². The number of nitrogens with one attached hydrogen (secondary N) is 1. The van der Waals surface area contributed by atoms with E-state index >= 15 is 0 Å². The Hall–Kier alpha value is -0.800. The monoisotopic (exact) mass is 222 g/mol. The smallest absolute Gasteiger partial charge is 0.120 e. The average molecular weight is 222 g/mol. The Balaban J connectivity index is 2.09. The number of nitrogens with zero attached hydrogens (tertiary/aromatic N) is 1. The second kappa shape index (κ2) is 5.51. The van der Waals surface area contributed by atoms with E-state index < -0.39 is 0 Å². The normalized spacial score (nSPS) is 18.7. The Bertz CT molecular complexity index is 293. The molecule has 1 aromatic rings. The van der Waals surface area contributed by atoms with Crippen molar-refractivity contribution in [1.29, 1.82) is 0 Å². The van der Waals surface area contributed by atoms with Crippen LogP contribution in [0, 0.1) is 0 Å². The first-order valence-electron chi connectivity index (χ1n) is 6.36. The highest BCUT2D eigenvalue weighted by atomic mass is 16.3. The summed E-state index contributed by atoms with van der Waals surface area (Å²) in [6, 6.07) is 5.22. The van der Waals surface area contributed by atoms with Crippen LogP contribution in [0.3, 0.4) is 0 Å². The second-order valence-corrected chi connectivity index (χ2v) is 4.49. The second-order valence-electron chi connectivity index (χ2n) is 4.49. The van der Waals surface area contributed by atoms with Gasteiger partial charge in [-0.15, -0.1) is 0 Å². The molecule has 1 aliphatic heterocycles. The van der Waals surface area contributed by atoms with E-state index in [1.165, 1.54) is 6.42 Å². The first-order chi connectivity index (χ1) is 7.86. The zero-order valence-corrected chi connectivity index (χ0v) is 10.3. The molecule has 2 heterocycles. The predicted octanol–water partition coefficient (Wildman–Crippen LogP) is 2.41. The molecule has 2 rings (SSSR count). The molecule has 16 heavy (non-hydrogen) atoms. The van der Waals surface area contributed by atoms with Gasteiger partial charge >= 0.3 is 0 Å². The first kappa shape index (κ1) is 11.7. The fourth-order valence-electron chi connectivity index (χ4n) is 2.44. The minimum Gasteiger partial charge on any atom is -0.468 e. The topological polar surface area (TPSA) is 28.4 Å². The van der Waals surface area contributed by atoms with Crippen molar-refractivity contribution < 1.29 is 4.42 Å². The van der Waals surface area contributed by atoms with Crippen LogP contribution in [0.15, 0.2) is 22.8 Å². The van der Waals surface area contributed by atoms with Gasteiger partial charge < -0.3 is 9.73 Å². The Morgan fingerprint density at radius 3 is 2.75 bits per heavy atom. The molecule has 1 aliphatic rings. The summed E-state index contributed by atoms with van der Waals surface area (Å²) in [5, 5.41) is 3.35. The maximum Gasteiger partial charge on any atom is 0.120 e. The molecule has 3 heteroatoms. The average Bonchev–Trinajstić information content (AvgIpc) is 2.70. The van der Waals surface area contributed by atoms with Gasteiger partial charge in [-0.3, -0.25) is 4.90 Å². The van der Waals surface area contributed by atoms with E-state index in [2.05, 4.69) is 30.1 Å². The third kappa shape index (κ3) is 2.30. The highest BCUT2D eigenvalue weighted by Crippen LogP contribution is 2.27. The molecule has 1 N–H and O–H groups in total. The molecular formula is C13H22N2O. The molecule has 0 bridgehead atoms. The van der Waals surface area contributed by atoms with Gasteiger partial charge in [-0.05, 0) is 31.5 Å². The van der Waals surface area contributed by atoms with Gasteiger partial charge in [-0.25, -0.2) is 0 Å². The SMILES string of the molecule is CCCN(C1CNC1)C(CC)c1ccco1. The standard InChI is InChI=1S/C13H22N2O/c1-3-7-15(11-9-14-10-11)12(4-2)13-6-5-8-16-13/h5-6,8,11-12,14H,3-4,7,9-10H2,1-2H3. The molecule has 1 fully saturated rings. The molecule has 1 aromatic heterocycles. The predicted molar refractivity (Wildman–Crippen MR) is 65.4 cm³/mol. The zero-order chi connectivity index (χ0) is 11.4. The third-order valence-electron chi connectivity index (χ3n) is 3.37. The van der Waals surface area contributed by atoms with E-state index in [1.807, 2.05) is 6.07 Å². The Morgan fingerprint density at radius 1 is 1.50 bits per heavy atom. The zero-order valence-electron chi connectivity index (χ0n) is 10.3. The summed E-state index contributed by atoms with van der Waals surface area (Å²) in [7, 11) is 0. The number of rotatable bonds is 6. The number of furan rings is 1. The van der Waals surface area contributed by atoms with Crippen molar-refractivity contribution in [2.45, 2.75) is 38.8 Å². The summed E-state index contributed by atoms with van der Waals surface area (Å²) in [4.78, 5) is 2.59. The summed E-state index contributed by atoms with van der Waals surface area (Å²) in [5.41, 5.74) is 0. The summed E-state index contributed by atoms with van der Waals surface area (Å²) in [5.74, 6) is 1.11. The molecule has 1 saturated heterocycles. The van der Waals surface area contributed by atoms with Crippen LogP contribution in [0.2, 0.25) is 0 Å². The van der Waals surface area contributed by atoms with Crippen LogP contribution in [-0.4, -0.2) is 30.6 Å². The van der Waals surface area contributed by atoms with Crippen molar-refractivity contribution in [2.75, 3.05) is 19.6 Å².